The van der Waals surface area contributed by atoms with E-state index in [2.05, 4.69) is 14.9 Å². The van der Waals surface area contributed by atoms with Crippen molar-refractivity contribution < 1.29 is 42.6 Å². The van der Waals surface area contributed by atoms with Gasteiger partial charge in [-0.2, -0.15) is 13.2 Å². The first-order valence-corrected chi connectivity index (χ1v) is 16.3. The Morgan fingerprint density at radius 2 is 1.46 bits per heavy atom. The Kier molecular flexibility index (Phi) is 12.1. The second-order valence-corrected chi connectivity index (χ2v) is 13.3. The van der Waals surface area contributed by atoms with Gasteiger partial charge in [-0.1, -0.05) is 17.7 Å². The molecule has 2 amide bonds. The number of fused-ring (bicyclic) bond motifs is 1. The van der Waals surface area contributed by atoms with E-state index < -0.39 is 18.1 Å². The SMILES string of the molecule is Cc1ccc(N(CCCN2CC3CN(C(=O)c4c(C)ncnc4C)CC3C2)C(=O)C2CCC(C(=O)O)CC2)cc1Cl.O=C(O)C(F)(F)F. The van der Waals surface area contributed by atoms with E-state index in [-0.39, 0.29) is 23.7 Å². The van der Waals surface area contributed by atoms with Gasteiger partial charge in [0.05, 0.1) is 22.9 Å². The molecule has 2 saturated heterocycles. The molecule has 1 aliphatic carbocycles. The van der Waals surface area contributed by atoms with Gasteiger partial charge in [-0.3, -0.25) is 14.4 Å². The molecule has 48 heavy (non-hydrogen) atoms. The molecule has 3 aliphatic rings. The fraction of sp³-hybridized carbons (Fsp3) is 0.576. The molecule has 15 heteroatoms. The first-order chi connectivity index (χ1) is 22.6. The van der Waals surface area contributed by atoms with Gasteiger partial charge in [0.25, 0.3) is 5.91 Å². The molecule has 1 saturated carbocycles. The van der Waals surface area contributed by atoms with E-state index in [4.69, 9.17) is 21.5 Å². The molecule has 1 aromatic carbocycles. The molecule has 0 spiro atoms. The molecule has 2 aliphatic heterocycles. The topological polar surface area (TPSA) is 144 Å². The zero-order chi connectivity index (χ0) is 35.3. The van der Waals surface area contributed by atoms with E-state index in [0.717, 1.165) is 61.8 Å². The summed E-state index contributed by atoms with van der Waals surface area (Å²) in [5.74, 6) is -3.04. The highest BCUT2D eigenvalue weighted by Gasteiger charge is 2.42. The lowest BCUT2D eigenvalue weighted by Crippen LogP contribution is -2.40. The van der Waals surface area contributed by atoms with Crippen LogP contribution in [0.25, 0.3) is 0 Å². The summed E-state index contributed by atoms with van der Waals surface area (Å²) in [7, 11) is 0. The average molecular weight is 696 g/mol. The van der Waals surface area contributed by atoms with Crippen molar-refractivity contribution in [2.75, 3.05) is 44.2 Å². The van der Waals surface area contributed by atoms with Crippen molar-refractivity contribution in [1.29, 1.82) is 0 Å². The van der Waals surface area contributed by atoms with Gasteiger partial charge >= 0.3 is 18.1 Å². The van der Waals surface area contributed by atoms with Crippen molar-refractivity contribution in [3.05, 3.63) is 52.1 Å². The van der Waals surface area contributed by atoms with Crippen molar-refractivity contribution in [3.63, 3.8) is 0 Å². The molecule has 11 nitrogen and oxygen atoms in total. The summed E-state index contributed by atoms with van der Waals surface area (Å²) in [6.45, 7) is 10.5. The van der Waals surface area contributed by atoms with E-state index in [0.29, 0.717) is 54.6 Å². The van der Waals surface area contributed by atoms with Crippen LogP contribution in [0.1, 0.15) is 59.4 Å². The number of halogens is 4. The second kappa shape index (κ2) is 15.6. The Morgan fingerprint density at radius 1 is 0.917 bits per heavy atom. The van der Waals surface area contributed by atoms with E-state index in [1.165, 1.54) is 6.33 Å². The Morgan fingerprint density at radius 3 is 1.96 bits per heavy atom. The molecule has 2 aromatic rings. The highest BCUT2D eigenvalue weighted by Crippen LogP contribution is 2.34. The van der Waals surface area contributed by atoms with Crippen LogP contribution >= 0.6 is 11.6 Å². The monoisotopic (exact) mass is 695 g/mol. The minimum Gasteiger partial charge on any atom is -0.481 e. The summed E-state index contributed by atoms with van der Waals surface area (Å²) in [6, 6.07) is 5.76. The first kappa shape index (κ1) is 37.0. The van der Waals surface area contributed by atoms with Crippen LogP contribution in [0.2, 0.25) is 5.02 Å². The summed E-state index contributed by atoms with van der Waals surface area (Å²) in [4.78, 5) is 62.0. The highest BCUT2D eigenvalue weighted by molar-refractivity contribution is 6.31. The Labute approximate surface area is 282 Å². The largest absolute Gasteiger partial charge is 0.490 e. The Balaban J connectivity index is 0.000000671. The van der Waals surface area contributed by atoms with Crippen LogP contribution < -0.4 is 4.90 Å². The van der Waals surface area contributed by atoms with E-state index in [9.17, 15) is 32.7 Å². The quantitative estimate of drug-likeness (QED) is 0.390. The van der Waals surface area contributed by atoms with Crippen molar-refractivity contribution in [2.45, 2.75) is 59.1 Å². The lowest BCUT2D eigenvalue weighted by molar-refractivity contribution is -0.192. The van der Waals surface area contributed by atoms with Crippen LogP contribution in [-0.4, -0.2) is 99.2 Å². The number of aliphatic carboxylic acids is 2. The van der Waals surface area contributed by atoms with Gasteiger partial charge in [0.15, 0.2) is 0 Å². The summed E-state index contributed by atoms with van der Waals surface area (Å²) in [5.41, 5.74) is 3.84. The minimum atomic E-state index is -5.08. The third kappa shape index (κ3) is 9.01. The maximum atomic E-state index is 13.7. The summed E-state index contributed by atoms with van der Waals surface area (Å²) in [5, 5.41) is 17.1. The average Bonchev–Trinajstić information content (AvgIpc) is 3.59. The van der Waals surface area contributed by atoms with Crippen LogP contribution in [0.3, 0.4) is 0 Å². The lowest BCUT2D eigenvalue weighted by Gasteiger charge is -2.32. The standard InChI is InChI=1S/C31H40ClN5O4.C2HF3O2/c1-19-5-10-26(13-27(19)32)37(29(38)22-6-8-23(9-7-22)31(40)41)12-4-11-35-14-24-16-36(17-25(24)15-35)30(39)28-20(2)33-18-34-21(28)3;3-2(4,5)1(6)7/h5,10,13,18,22-25H,4,6-9,11-12,14-17H2,1-3H3,(H,40,41);(H,6,7). The minimum absolute atomic E-state index is 0.0323. The molecule has 0 bridgehead atoms. The molecular weight excluding hydrogens is 655 g/mol. The number of likely N-dealkylation sites (tertiary alicyclic amines) is 2. The lowest BCUT2D eigenvalue weighted by atomic mass is 9.81. The first-order valence-electron chi connectivity index (χ1n) is 16.0. The van der Waals surface area contributed by atoms with Gasteiger partial charge in [-0.05, 0) is 89.0 Å². The molecule has 1 aromatic heterocycles. The smallest absolute Gasteiger partial charge is 0.481 e. The van der Waals surface area contributed by atoms with Crippen LogP contribution in [0.4, 0.5) is 18.9 Å². The summed E-state index contributed by atoms with van der Waals surface area (Å²) in [6.07, 6.45) is -0.468. The number of hydrogen-bond acceptors (Lipinski definition) is 7. The van der Waals surface area contributed by atoms with Gasteiger partial charge in [-0.15, -0.1) is 0 Å². The molecule has 2 unspecified atom stereocenters. The molecule has 262 valence electrons. The van der Waals surface area contributed by atoms with Crippen molar-refractivity contribution in [3.8, 4) is 0 Å². The molecule has 0 radical (unpaired) electrons. The Hall–Kier alpha value is -3.78. The maximum absolute atomic E-state index is 13.7. The molecule has 2 N–H and O–H groups in total. The molecule has 3 heterocycles. The van der Waals surface area contributed by atoms with Crippen molar-refractivity contribution >= 4 is 41.0 Å². The summed E-state index contributed by atoms with van der Waals surface area (Å²) >= 11 is 6.44. The Bertz CT molecular complexity index is 1480. The van der Waals surface area contributed by atoms with Gasteiger partial charge in [-0.25, -0.2) is 14.8 Å². The number of benzene rings is 1. The zero-order valence-electron chi connectivity index (χ0n) is 27.2. The van der Waals surface area contributed by atoms with Gasteiger partial charge in [0, 0.05) is 49.4 Å². The number of aryl methyl sites for hydroxylation is 3. The zero-order valence-corrected chi connectivity index (χ0v) is 27.9. The number of carbonyl (C=O) groups is 4. The number of hydrogen-bond donors (Lipinski definition) is 2. The van der Waals surface area contributed by atoms with Crippen molar-refractivity contribution in [2.24, 2.45) is 23.7 Å². The summed E-state index contributed by atoms with van der Waals surface area (Å²) < 4.78 is 31.7. The number of carbonyl (C=O) groups excluding carboxylic acids is 2. The number of nitrogens with zero attached hydrogens (tertiary/aromatic N) is 5. The number of amides is 2. The molecule has 2 atom stereocenters. The number of rotatable bonds is 8. The van der Waals surface area contributed by atoms with E-state index in [1.807, 2.05) is 48.8 Å². The fourth-order valence-corrected chi connectivity index (χ4v) is 7.05. The third-order valence-corrected chi connectivity index (χ3v) is 9.95. The second-order valence-electron chi connectivity index (χ2n) is 12.9. The normalized spacial score (nSPS) is 22.4. The molecular formula is C33H41ClF3N5O6. The van der Waals surface area contributed by atoms with Crippen molar-refractivity contribution in [1.82, 2.24) is 19.8 Å². The predicted molar refractivity (Wildman–Crippen MR) is 171 cm³/mol. The molecule has 5 rings (SSSR count). The number of alkyl halides is 3. The van der Waals surface area contributed by atoms with Crippen LogP contribution in [0, 0.1) is 44.4 Å². The van der Waals surface area contributed by atoms with Gasteiger partial charge in [0.2, 0.25) is 5.91 Å². The van der Waals surface area contributed by atoms with Gasteiger partial charge in [0.1, 0.15) is 6.33 Å². The van der Waals surface area contributed by atoms with Crippen LogP contribution in [0.15, 0.2) is 24.5 Å². The highest BCUT2D eigenvalue weighted by atomic mass is 35.5. The van der Waals surface area contributed by atoms with Crippen LogP contribution in [-0.2, 0) is 14.4 Å². The van der Waals surface area contributed by atoms with Crippen LogP contribution in [0.5, 0.6) is 0 Å². The van der Waals surface area contributed by atoms with Gasteiger partial charge < -0.3 is 24.9 Å². The number of carboxylic acids is 2. The number of aromatic nitrogens is 2. The third-order valence-electron chi connectivity index (χ3n) is 9.55. The van der Waals surface area contributed by atoms with E-state index in [1.54, 1.807) is 0 Å². The van der Waals surface area contributed by atoms with E-state index >= 15 is 0 Å². The number of carboxylic acid groups (broad SMARTS) is 2. The predicted octanol–water partition coefficient (Wildman–Crippen LogP) is 5.01. The maximum Gasteiger partial charge on any atom is 0.490 e. The number of anilines is 1. The fourth-order valence-electron chi connectivity index (χ4n) is 6.88. The molecule has 3 fully saturated rings.